The fourth-order valence-corrected chi connectivity index (χ4v) is 3.33. The largest absolute Gasteiger partial charge is 0.356 e. The molecule has 0 saturated carbocycles. The lowest BCUT2D eigenvalue weighted by molar-refractivity contribution is 0.340. The summed E-state index contributed by atoms with van der Waals surface area (Å²) in [4.78, 5) is 6.29. The number of halogens is 1. The Balaban J connectivity index is 2.62. The predicted octanol–water partition coefficient (Wildman–Crippen LogP) is 2.81. The molecule has 1 N–H and O–H groups in total. The molecule has 0 bridgehead atoms. The van der Waals surface area contributed by atoms with Gasteiger partial charge in [-0.05, 0) is 23.5 Å². The van der Waals surface area contributed by atoms with Crippen molar-refractivity contribution in [3.05, 3.63) is 34.9 Å². The van der Waals surface area contributed by atoms with Gasteiger partial charge in [0.05, 0.1) is 5.75 Å². The van der Waals surface area contributed by atoms with Crippen molar-refractivity contribution in [3.63, 3.8) is 0 Å². The van der Waals surface area contributed by atoms with Crippen LogP contribution >= 0.6 is 11.6 Å². The molecule has 7 heteroatoms. The number of nitrogens with zero attached hydrogens (tertiary/aromatic N) is 2. The zero-order valence-electron chi connectivity index (χ0n) is 15.1. The third-order valence-electron chi connectivity index (χ3n) is 3.81. The average Bonchev–Trinajstić information content (AvgIpc) is 2.48. The van der Waals surface area contributed by atoms with Gasteiger partial charge in [-0.25, -0.2) is 8.42 Å². The summed E-state index contributed by atoms with van der Waals surface area (Å²) >= 11 is 6.21. The van der Waals surface area contributed by atoms with Crippen LogP contribution in [0, 0.1) is 5.41 Å². The van der Waals surface area contributed by atoms with Gasteiger partial charge in [-0.2, -0.15) is 0 Å². The molecule has 0 radical (unpaired) electrons. The van der Waals surface area contributed by atoms with E-state index >= 15 is 0 Å². The highest BCUT2D eigenvalue weighted by Crippen LogP contribution is 2.20. The van der Waals surface area contributed by atoms with Crippen molar-refractivity contribution in [2.24, 2.45) is 10.4 Å². The molecule has 24 heavy (non-hydrogen) atoms. The normalized spacial score (nSPS) is 13.0. The second-order valence-electron chi connectivity index (χ2n) is 6.89. The lowest BCUT2D eigenvalue weighted by Gasteiger charge is -2.29. The summed E-state index contributed by atoms with van der Waals surface area (Å²) in [6, 6.07) is 7.72. The van der Waals surface area contributed by atoms with E-state index in [4.69, 9.17) is 11.6 Å². The Labute approximate surface area is 151 Å². The van der Waals surface area contributed by atoms with E-state index in [-0.39, 0.29) is 11.2 Å². The van der Waals surface area contributed by atoms with Crippen LogP contribution < -0.4 is 5.32 Å². The second kappa shape index (κ2) is 8.72. The summed E-state index contributed by atoms with van der Waals surface area (Å²) in [5.41, 5.74) is 0.880. The highest BCUT2D eigenvalue weighted by molar-refractivity contribution is 7.90. The van der Waals surface area contributed by atoms with E-state index in [9.17, 15) is 8.42 Å². The van der Waals surface area contributed by atoms with E-state index in [1.54, 1.807) is 7.05 Å². The molecule has 0 heterocycles. The summed E-state index contributed by atoms with van der Waals surface area (Å²) in [5.74, 6) is 0.942. The van der Waals surface area contributed by atoms with Gasteiger partial charge in [0, 0.05) is 38.5 Å². The van der Waals surface area contributed by atoms with Crippen LogP contribution in [0.3, 0.4) is 0 Å². The molecule has 1 rings (SSSR count). The molecule has 0 aromatic heterocycles. The number of sulfone groups is 1. The standard InChI is InChI=1S/C17H28ClN3O2S/c1-17(2,10-11-24(5,22)23)13-20-16(19-3)21(4)12-14-8-6-7-9-15(14)18/h6-9H,10-13H2,1-5H3,(H,19,20). The highest BCUT2D eigenvalue weighted by Gasteiger charge is 2.21. The lowest BCUT2D eigenvalue weighted by Crippen LogP contribution is -2.43. The Kier molecular flexibility index (Phi) is 7.55. The Hall–Kier alpha value is -1.27. The van der Waals surface area contributed by atoms with Gasteiger partial charge >= 0.3 is 0 Å². The van der Waals surface area contributed by atoms with Crippen LogP contribution in [0.5, 0.6) is 0 Å². The van der Waals surface area contributed by atoms with E-state index in [0.717, 1.165) is 16.5 Å². The smallest absolute Gasteiger partial charge is 0.193 e. The third-order valence-corrected chi connectivity index (χ3v) is 5.13. The fraction of sp³-hybridized carbons (Fsp3) is 0.588. The van der Waals surface area contributed by atoms with Crippen LogP contribution in [0.15, 0.2) is 29.3 Å². The lowest BCUT2D eigenvalue weighted by atomic mass is 9.90. The van der Waals surface area contributed by atoms with Crippen molar-refractivity contribution in [2.45, 2.75) is 26.8 Å². The first-order valence-electron chi connectivity index (χ1n) is 7.87. The maximum absolute atomic E-state index is 11.4. The molecule has 0 spiro atoms. The molecule has 0 aliphatic carbocycles. The molecule has 1 aromatic carbocycles. The third kappa shape index (κ3) is 7.53. The molecule has 0 saturated heterocycles. The average molecular weight is 374 g/mol. The maximum atomic E-state index is 11.4. The van der Waals surface area contributed by atoms with E-state index < -0.39 is 9.84 Å². The molecule has 1 aromatic rings. The van der Waals surface area contributed by atoms with Crippen molar-refractivity contribution in [1.29, 1.82) is 0 Å². The van der Waals surface area contributed by atoms with E-state index in [1.807, 2.05) is 50.1 Å². The molecule has 0 unspecified atom stereocenters. The number of aliphatic imine (C=N–C) groups is 1. The van der Waals surface area contributed by atoms with E-state index in [2.05, 4.69) is 10.3 Å². The Bertz CT molecular complexity index is 672. The summed E-state index contributed by atoms with van der Waals surface area (Å²) in [6.07, 6.45) is 1.87. The topological polar surface area (TPSA) is 61.8 Å². The van der Waals surface area contributed by atoms with Crippen molar-refractivity contribution in [3.8, 4) is 0 Å². The van der Waals surface area contributed by atoms with Gasteiger partial charge in [-0.3, -0.25) is 4.99 Å². The summed E-state index contributed by atoms with van der Waals surface area (Å²) in [7, 11) is 0.731. The summed E-state index contributed by atoms with van der Waals surface area (Å²) in [5, 5.41) is 4.05. The summed E-state index contributed by atoms with van der Waals surface area (Å²) in [6.45, 7) is 5.38. The maximum Gasteiger partial charge on any atom is 0.193 e. The van der Waals surface area contributed by atoms with Crippen LogP contribution in [0.1, 0.15) is 25.8 Å². The first-order chi connectivity index (χ1) is 11.0. The SMILES string of the molecule is CN=C(NCC(C)(C)CCS(C)(=O)=O)N(C)Cc1ccccc1Cl. The molecule has 0 atom stereocenters. The van der Waals surface area contributed by atoms with Crippen LogP contribution in [-0.4, -0.2) is 51.9 Å². The van der Waals surface area contributed by atoms with Gasteiger partial charge in [-0.1, -0.05) is 43.6 Å². The van der Waals surface area contributed by atoms with Gasteiger partial charge in [0.2, 0.25) is 0 Å². The van der Waals surface area contributed by atoms with Gasteiger partial charge in [0.15, 0.2) is 5.96 Å². The number of guanidine groups is 1. The Morgan fingerprint density at radius 3 is 2.50 bits per heavy atom. The summed E-state index contributed by atoms with van der Waals surface area (Å²) < 4.78 is 22.7. The minimum absolute atomic E-state index is 0.149. The zero-order chi connectivity index (χ0) is 18.4. The first-order valence-corrected chi connectivity index (χ1v) is 10.3. The van der Waals surface area contributed by atoms with Crippen molar-refractivity contribution < 1.29 is 8.42 Å². The molecule has 0 fully saturated rings. The predicted molar refractivity (Wildman–Crippen MR) is 102 cm³/mol. The van der Waals surface area contributed by atoms with Crippen LogP contribution in [0.25, 0.3) is 0 Å². The molecule has 136 valence electrons. The molecule has 0 aliphatic rings. The molecule has 0 amide bonds. The monoisotopic (exact) mass is 373 g/mol. The fourth-order valence-electron chi connectivity index (χ4n) is 2.21. The first kappa shape index (κ1) is 20.8. The van der Waals surface area contributed by atoms with Crippen LogP contribution in [-0.2, 0) is 16.4 Å². The quantitative estimate of drug-likeness (QED) is 0.589. The number of hydrogen-bond acceptors (Lipinski definition) is 3. The van der Waals surface area contributed by atoms with E-state index in [0.29, 0.717) is 19.5 Å². The minimum Gasteiger partial charge on any atom is -0.356 e. The number of rotatable bonds is 7. The van der Waals surface area contributed by atoms with Crippen molar-refractivity contribution in [2.75, 3.05) is 32.6 Å². The van der Waals surface area contributed by atoms with Gasteiger partial charge in [0.25, 0.3) is 0 Å². The molecular weight excluding hydrogens is 346 g/mol. The highest BCUT2D eigenvalue weighted by atomic mass is 35.5. The molecule has 5 nitrogen and oxygen atoms in total. The Morgan fingerprint density at radius 1 is 1.33 bits per heavy atom. The number of benzene rings is 1. The zero-order valence-corrected chi connectivity index (χ0v) is 16.7. The molecular formula is C17H28ClN3O2S. The number of hydrogen-bond donors (Lipinski definition) is 1. The van der Waals surface area contributed by atoms with Crippen LogP contribution in [0.4, 0.5) is 0 Å². The molecule has 0 aliphatic heterocycles. The second-order valence-corrected chi connectivity index (χ2v) is 9.56. The van der Waals surface area contributed by atoms with Crippen LogP contribution in [0.2, 0.25) is 5.02 Å². The van der Waals surface area contributed by atoms with E-state index in [1.165, 1.54) is 6.26 Å². The van der Waals surface area contributed by atoms with Crippen molar-refractivity contribution in [1.82, 2.24) is 10.2 Å². The van der Waals surface area contributed by atoms with Crippen molar-refractivity contribution >= 4 is 27.4 Å². The van der Waals surface area contributed by atoms with Gasteiger partial charge < -0.3 is 10.2 Å². The van der Waals surface area contributed by atoms with Gasteiger partial charge in [-0.15, -0.1) is 0 Å². The Morgan fingerprint density at radius 2 is 1.96 bits per heavy atom. The number of nitrogens with one attached hydrogen (secondary N) is 1. The van der Waals surface area contributed by atoms with Gasteiger partial charge in [0.1, 0.15) is 9.84 Å². The minimum atomic E-state index is -2.95.